The van der Waals surface area contributed by atoms with Crippen molar-refractivity contribution in [1.29, 1.82) is 5.26 Å². The van der Waals surface area contributed by atoms with E-state index < -0.39 is 5.82 Å². The van der Waals surface area contributed by atoms with Crippen molar-refractivity contribution >= 4 is 23.2 Å². The predicted molar refractivity (Wildman–Crippen MR) is 101 cm³/mol. The van der Waals surface area contributed by atoms with Crippen LogP contribution in [0.3, 0.4) is 0 Å². The molecule has 1 N–H and O–H groups in total. The molecule has 136 valence electrons. The molecule has 0 spiro atoms. The normalized spacial score (nSPS) is 10.5. The van der Waals surface area contributed by atoms with Crippen LogP contribution in [0.5, 0.6) is 0 Å². The van der Waals surface area contributed by atoms with Crippen LogP contribution >= 0.6 is 11.6 Å². The third kappa shape index (κ3) is 3.99. The van der Waals surface area contributed by atoms with E-state index in [0.717, 1.165) is 11.3 Å². The molecule has 5 nitrogen and oxygen atoms in total. The molecular weight excluding hydrogens is 367 g/mol. The molecule has 0 fully saturated rings. The number of nitrogens with one attached hydrogen (secondary N) is 1. The average molecular weight is 383 g/mol. The Labute approximate surface area is 161 Å². The van der Waals surface area contributed by atoms with Crippen molar-refractivity contribution in [3.8, 4) is 6.07 Å². The van der Waals surface area contributed by atoms with Crippen LogP contribution in [0.2, 0.25) is 5.02 Å². The largest absolute Gasteiger partial charge is 0.319 e. The molecule has 3 rings (SSSR count). The maximum Gasteiger partial charge on any atom is 0.255 e. The van der Waals surface area contributed by atoms with Gasteiger partial charge in [0.2, 0.25) is 0 Å². The van der Waals surface area contributed by atoms with Crippen LogP contribution in [-0.4, -0.2) is 15.7 Å². The first-order chi connectivity index (χ1) is 12.9. The zero-order chi connectivity index (χ0) is 19.6. The number of amides is 1. The Kier molecular flexibility index (Phi) is 5.24. The number of aryl methyl sites for hydroxylation is 1. The molecule has 0 saturated carbocycles. The third-order valence-electron chi connectivity index (χ3n) is 4.21. The van der Waals surface area contributed by atoms with Crippen LogP contribution in [0.15, 0.2) is 42.5 Å². The first kappa shape index (κ1) is 18.6. The number of hydrogen-bond acceptors (Lipinski definition) is 3. The van der Waals surface area contributed by atoms with E-state index >= 15 is 0 Å². The SMILES string of the molecule is Cc1nn(Cc2ccc(F)cc2Cl)c(C)c1NC(=O)c1cccc(C#N)c1. The number of nitrogens with zero attached hydrogens (tertiary/aromatic N) is 3. The fourth-order valence-corrected chi connectivity index (χ4v) is 2.99. The van der Waals surface area contributed by atoms with E-state index in [4.69, 9.17) is 16.9 Å². The smallest absolute Gasteiger partial charge is 0.255 e. The topological polar surface area (TPSA) is 70.7 Å². The molecule has 0 saturated heterocycles. The number of carbonyl (C=O) groups is 1. The van der Waals surface area contributed by atoms with Crippen LogP contribution in [-0.2, 0) is 6.54 Å². The lowest BCUT2D eigenvalue weighted by molar-refractivity contribution is 0.102. The van der Waals surface area contributed by atoms with Gasteiger partial charge >= 0.3 is 0 Å². The molecule has 1 amide bonds. The minimum atomic E-state index is -0.398. The highest BCUT2D eigenvalue weighted by atomic mass is 35.5. The lowest BCUT2D eigenvalue weighted by Crippen LogP contribution is -2.13. The van der Waals surface area contributed by atoms with Crippen LogP contribution < -0.4 is 5.32 Å². The van der Waals surface area contributed by atoms with Crippen LogP contribution in [0.4, 0.5) is 10.1 Å². The Hall–Kier alpha value is -3.17. The predicted octanol–water partition coefficient (Wildman–Crippen LogP) is 4.46. The number of nitriles is 1. The van der Waals surface area contributed by atoms with Crippen LogP contribution in [0.1, 0.15) is 32.9 Å². The summed E-state index contributed by atoms with van der Waals surface area (Å²) in [7, 11) is 0. The van der Waals surface area contributed by atoms with Crippen LogP contribution in [0, 0.1) is 31.0 Å². The van der Waals surface area contributed by atoms with Gasteiger partial charge in [-0.1, -0.05) is 23.7 Å². The van der Waals surface area contributed by atoms with Crippen molar-refractivity contribution in [2.75, 3.05) is 5.32 Å². The summed E-state index contributed by atoms with van der Waals surface area (Å²) in [5, 5.41) is 16.6. The summed E-state index contributed by atoms with van der Waals surface area (Å²) in [6.45, 7) is 3.97. The van der Waals surface area contributed by atoms with Crippen molar-refractivity contribution in [1.82, 2.24) is 9.78 Å². The summed E-state index contributed by atoms with van der Waals surface area (Å²) in [4.78, 5) is 12.5. The molecule has 0 bridgehead atoms. The van der Waals surface area contributed by atoms with Crippen molar-refractivity contribution in [2.24, 2.45) is 0 Å². The van der Waals surface area contributed by atoms with Gasteiger partial charge in [0.05, 0.1) is 35.3 Å². The van der Waals surface area contributed by atoms with Gasteiger partial charge in [-0.05, 0) is 49.7 Å². The van der Waals surface area contributed by atoms with Crippen molar-refractivity contribution in [3.63, 3.8) is 0 Å². The van der Waals surface area contributed by atoms with Gasteiger partial charge in [-0.3, -0.25) is 9.48 Å². The molecule has 2 aromatic carbocycles. The summed E-state index contributed by atoms with van der Waals surface area (Å²) >= 11 is 6.09. The molecule has 0 radical (unpaired) electrons. The zero-order valence-electron chi connectivity index (χ0n) is 14.8. The number of benzene rings is 2. The van der Waals surface area contributed by atoms with Gasteiger partial charge in [0.25, 0.3) is 5.91 Å². The second kappa shape index (κ2) is 7.60. The molecule has 27 heavy (non-hydrogen) atoms. The van der Waals surface area contributed by atoms with Gasteiger partial charge < -0.3 is 5.32 Å². The zero-order valence-corrected chi connectivity index (χ0v) is 15.5. The van der Waals surface area contributed by atoms with E-state index in [1.807, 2.05) is 13.0 Å². The highest BCUT2D eigenvalue weighted by Gasteiger charge is 2.16. The van der Waals surface area contributed by atoms with Gasteiger partial charge in [0, 0.05) is 10.6 Å². The number of rotatable bonds is 4. The second-order valence-electron chi connectivity index (χ2n) is 6.09. The fourth-order valence-electron chi connectivity index (χ4n) is 2.76. The molecule has 1 heterocycles. The Morgan fingerprint density at radius 2 is 2.07 bits per heavy atom. The summed E-state index contributed by atoms with van der Waals surface area (Å²) in [5.74, 6) is -0.720. The first-order valence-electron chi connectivity index (χ1n) is 8.18. The highest BCUT2D eigenvalue weighted by Crippen LogP contribution is 2.24. The Morgan fingerprint density at radius 3 is 2.78 bits per heavy atom. The number of carbonyl (C=O) groups excluding carboxylic acids is 1. The molecule has 7 heteroatoms. The number of anilines is 1. The van der Waals surface area contributed by atoms with E-state index in [2.05, 4.69) is 10.4 Å². The number of hydrogen-bond donors (Lipinski definition) is 1. The van der Waals surface area contributed by atoms with E-state index in [1.165, 1.54) is 18.2 Å². The van der Waals surface area contributed by atoms with Crippen molar-refractivity contribution in [3.05, 3.63) is 81.4 Å². The standard InChI is InChI=1S/C20H16ClFN4O/c1-12-19(24-20(27)15-5-3-4-14(8-15)10-23)13(2)26(25-12)11-16-6-7-17(22)9-18(16)21/h3-9H,11H2,1-2H3,(H,24,27). The van der Waals surface area contributed by atoms with Gasteiger partial charge in [-0.25, -0.2) is 4.39 Å². The van der Waals surface area contributed by atoms with Gasteiger partial charge in [0.1, 0.15) is 5.82 Å². The Balaban J connectivity index is 1.85. The van der Waals surface area contributed by atoms with Gasteiger partial charge in [-0.2, -0.15) is 10.4 Å². The quantitative estimate of drug-likeness (QED) is 0.723. The summed E-state index contributed by atoms with van der Waals surface area (Å²) in [6.07, 6.45) is 0. The molecule has 1 aromatic heterocycles. The van der Waals surface area contributed by atoms with E-state index in [1.54, 1.807) is 35.9 Å². The summed E-state index contributed by atoms with van der Waals surface area (Å²) in [5.41, 5.74) is 3.52. The fraction of sp³-hybridized carbons (Fsp3) is 0.150. The maximum atomic E-state index is 13.2. The molecule has 0 aliphatic carbocycles. The first-order valence-corrected chi connectivity index (χ1v) is 8.56. The van der Waals surface area contributed by atoms with Crippen molar-refractivity contribution < 1.29 is 9.18 Å². The Morgan fingerprint density at radius 1 is 1.30 bits per heavy atom. The summed E-state index contributed by atoms with van der Waals surface area (Å²) < 4.78 is 14.9. The second-order valence-corrected chi connectivity index (χ2v) is 6.49. The minimum absolute atomic E-state index is 0.321. The molecule has 0 aliphatic rings. The Bertz CT molecular complexity index is 1070. The molecular formula is C20H16ClFN4O. The van der Waals surface area contributed by atoms with E-state index in [0.29, 0.717) is 34.1 Å². The van der Waals surface area contributed by atoms with Crippen LogP contribution in [0.25, 0.3) is 0 Å². The minimum Gasteiger partial charge on any atom is -0.319 e. The summed E-state index contributed by atoms with van der Waals surface area (Å²) in [6, 6.07) is 12.7. The average Bonchev–Trinajstić information content (AvgIpc) is 2.91. The lowest BCUT2D eigenvalue weighted by atomic mass is 10.1. The number of aromatic nitrogens is 2. The van der Waals surface area contributed by atoms with E-state index in [9.17, 15) is 9.18 Å². The molecule has 0 aliphatic heterocycles. The van der Waals surface area contributed by atoms with Gasteiger partial charge in [-0.15, -0.1) is 0 Å². The molecule has 3 aromatic rings. The molecule has 0 atom stereocenters. The maximum absolute atomic E-state index is 13.2. The number of halogens is 2. The van der Waals surface area contributed by atoms with Crippen molar-refractivity contribution in [2.45, 2.75) is 20.4 Å². The molecule has 0 unspecified atom stereocenters. The monoisotopic (exact) mass is 382 g/mol. The highest BCUT2D eigenvalue weighted by molar-refractivity contribution is 6.31. The lowest BCUT2D eigenvalue weighted by Gasteiger charge is -2.09. The van der Waals surface area contributed by atoms with Gasteiger partial charge in [0.15, 0.2) is 0 Å². The van der Waals surface area contributed by atoms with E-state index in [-0.39, 0.29) is 5.91 Å². The third-order valence-corrected chi connectivity index (χ3v) is 4.56.